The third-order valence-corrected chi connectivity index (χ3v) is 6.03. The molecule has 0 saturated heterocycles. The number of benzene rings is 5. The van der Waals surface area contributed by atoms with E-state index in [0.29, 0.717) is 27.4 Å². The first-order chi connectivity index (χ1) is 16.1. The van der Waals surface area contributed by atoms with Crippen LogP contribution in [-0.2, 0) is 0 Å². The van der Waals surface area contributed by atoms with Gasteiger partial charge in [0, 0.05) is 39.6 Å². The first-order valence-electron chi connectivity index (χ1n) is 10.3. The Morgan fingerprint density at radius 3 is 2.36 bits per heavy atom. The average Bonchev–Trinajstić information content (AvgIpc) is 2.84. The lowest BCUT2D eigenvalue weighted by Gasteiger charge is -2.17. The molecule has 5 aromatic carbocycles. The average molecular weight is 452 g/mol. The summed E-state index contributed by atoms with van der Waals surface area (Å²) in [4.78, 5) is 11.7. The minimum Gasteiger partial charge on any atom is -0.355 e. The summed E-state index contributed by atoms with van der Waals surface area (Å²) < 4.78 is 0. The molecule has 0 bridgehead atoms. The van der Waals surface area contributed by atoms with Crippen molar-refractivity contribution in [3.05, 3.63) is 112 Å². The highest BCUT2D eigenvalue weighted by Crippen LogP contribution is 2.44. The molecule has 0 saturated carbocycles. The van der Waals surface area contributed by atoms with Gasteiger partial charge in [-0.15, -0.1) is 0 Å². The summed E-state index contributed by atoms with van der Waals surface area (Å²) in [7, 11) is 0. The summed E-state index contributed by atoms with van der Waals surface area (Å²) in [5, 5.41) is 27.6. The van der Waals surface area contributed by atoms with Gasteiger partial charge < -0.3 is 10.7 Å². The lowest BCUT2D eigenvalue weighted by Crippen LogP contribution is -2.02. The molecule has 0 amide bonds. The number of rotatable bonds is 5. The Labute approximate surface area is 194 Å². The highest BCUT2D eigenvalue weighted by Gasteiger charge is 2.24. The standard InChI is InChI=1S/C27H18ClN3O2/c28-23-15-17-7-4-5-10-19(17)26-20(23)11-6-12-21(26)27-22(16-29)24(13-14-25(27)31(32)33)30-18-8-2-1-3-9-18/h1-16,29-30H. The van der Waals surface area contributed by atoms with E-state index in [9.17, 15) is 10.1 Å². The van der Waals surface area contributed by atoms with Crippen LogP contribution in [0, 0.1) is 15.5 Å². The number of nitro groups is 1. The molecule has 33 heavy (non-hydrogen) atoms. The SMILES string of the molecule is N=Cc1c(Nc2ccccc2)ccc([N+](=O)[O-])c1-c1cccc2c(Cl)cc3ccccc3c12. The largest absolute Gasteiger partial charge is 0.355 e. The van der Waals surface area contributed by atoms with Crippen LogP contribution < -0.4 is 5.32 Å². The van der Waals surface area contributed by atoms with Gasteiger partial charge in [-0.2, -0.15) is 0 Å². The van der Waals surface area contributed by atoms with E-state index in [-0.39, 0.29) is 5.69 Å². The molecule has 5 aromatic rings. The molecular weight excluding hydrogens is 434 g/mol. The van der Waals surface area contributed by atoms with E-state index in [1.54, 1.807) is 6.07 Å². The molecule has 0 aromatic heterocycles. The molecule has 0 heterocycles. The minimum absolute atomic E-state index is 0.0660. The van der Waals surface area contributed by atoms with Gasteiger partial charge in [0.15, 0.2) is 0 Å². The van der Waals surface area contributed by atoms with Gasteiger partial charge >= 0.3 is 0 Å². The molecule has 0 aliphatic rings. The van der Waals surface area contributed by atoms with Gasteiger partial charge in [-0.25, -0.2) is 0 Å². The predicted octanol–water partition coefficient (Wildman–Crippen LogP) is 7.96. The fraction of sp³-hybridized carbons (Fsp3) is 0. The number of anilines is 2. The number of nitro benzene ring substituents is 1. The van der Waals surface area contributed by atoms with Crippen LogP contribution in [0.15, 0.2) is 91.0 Å². The van der Waals surface area contributed by atoms with Crippen LogP contribution in [-0.4, -0.2) is 11.1 Å². The Balaban J connectivity index is 1.88. The Bertz CT molecular complexity index is 1550. The van der Waals surface area contributed by atoms with Crippen LogP contribution in [0.1, 0.15) is 5.56 Å². The summed E-state index contributed by atoms with van der Waals surface area (Å²) in [6.07, 6.45) is 1.17. The number of para-hydroxylation sites is 1. The summed E-state index contributed by atoms with van der Waals surface area (Å²) in [5.74, 6) is 0. The maximum absolute atomic E-state index is 12.1. The Morgan fingerprint density at radius 1 is 0.879 bits per heavy atom. The number of hydrogen-bond donors (Lipinski definition) is 2. The van der Waals surface area contributed by atoms with E-state index in [4.69, 9.17) is 17.0 Å². The lowest BCUT2D eigenvalue weighted by atomic mass is 9.90. The molecule has 2 N–H and O–H groups in total. The topological polar surface area (TPSA) is 79.0 Å². The first-order valence-corrected chi connectivity index (χ1v) is 10.7. The van der Waals surface area contributed by atoms with Crippen molar-refractivity contribution in [2.24, 2.45) is 0 Å². The van der Waals surface area contributed by atoms with E-state index < -0.39 is 4.92 Å². The van der Waals surface area contributed by atoms with E-state index in [1.165, 1.54) is 12.3 Å². The molecule has 0 atom stereocenters. The molecule has 0 radical (unpaired) electrons. The second kappa shape index (κ2) is 8.37. The molecule has 0 aliphatic heterocycles. The van der Waals surface area contributed by atoms with Gasteiger partial charge in [-0.3, -0.25) is 10.1 Å². The summed E-state index contributed by atoms with van der Waals surface area (Å²) in [6.45, 7) is 0. The van der Waals surface area contributed by atoms with Crippen LogP contribution in [0.3, 0.4) is 0 Å². The number of fused-ring (bicyclic) bond motifs is 3. The monoisotopic (exact) mass is 451 g/mol. The molecule has 0 aliphatic carbocycles. The number of nitrogens with one attached hydrogen (secondary N) is 2. The Morgan fingerprint density at radius 2 is 1.61 bits per heavy atom. The summed E-state index contributed by atoms with van der Waals surface area (Å²) >= 11 is 6.62. The van der Waals surface area contributed by atoms with Crippen molar-refractivity contribution in [1.29, 1.82) is 5.41 Å². The number of halogens is 1. The number of nitrogens with zero attached hydrogens (tertiary/aromatic N) is 1. The summed E-state index contributed by atoms with van der Waals surface area (Å²) in [6, 6.07) is 28.0. The fourth-order valence-corrected chi connectivity index (χ4v) is 4.57. The zero-order chi connectivity index (χ0) is 22.9. The second-order valence-corrected chi connectivity index (χ2v) is 8.03. The first kappa shape index (κ1) is 20.7. The van der Waals surface area contributed by atoms with E-state index >= 15 is 0 Å². The van der Waals surface area contributed by atoms with Crippen molar-refractivity contribution >= 4 is 56.4 Å². The van der Waals surface area contributed by atoms with Crippen molar-refractivity contribution in [3.8, 4) is 11.1 Å². The van der Waals surface area contributed by atoms with Gasteiger partial charge in [-0.1, -0.05) is 72.3 Å². The van der Waals surface area contributed by atoms with E-state index in [1.807, 2.05) is 78.9 Å². The third-order valence-electron chi connectivity index (χ3n) is 5.72. The normalized spacial score (nSPS) is 10.9. The highest BCUT2D eigenvalue weighted by atomic mass is 35.5. The van der Waals surface area contributed by atoms with E-state index in [2.05, 4.69) is 5.32 Å². The Hall–Kier alpha value is -4.22. The number of hydrogen-bond acceptors (Lipinski definition) is 4. The van der Waals surface area contributed by atoms with Gasteiger partial charge in [0.1, 0.15) is 0 Å². The van der Waals surface area contributed by atoms with Crippen molar-refractivity contribution in [2.75, 3.05) is 5.32 Å². The van der Waals surface area contributed by atoms with Crippen molar-refractivity contribution < 1.29 is 4.92 Å². The van der Waals surface area contributed by atoms with Crippen LogP contribution in [0.25, 0.3) is 32.7 Å². The van der Waals surface area contributed by atoms with Gasteiger partial charge in [0.25, 0.3) is 5.69 Å². The molecule has 160 valence electrons. The minimum atomic E-state index is -0.403. The van der Waals surface area contributed by atoms with Crippen LogP contribution in [0.2, 0.25) is 5.02 Å². The van der Waals surface area contributed by atoms with Crippen LogP contribution >= 0.6 is 11.6 Å². The molecule has 5 nitrogen and oxygen atoms in total. The van der Waals surface area contributed by atoms with Gasteiger partial charge in [0.05, 0.1) is 10.5 Å². The quantitative estimate of drug-likeness (QED) is 0.123. The van der Waals surface area contributed by atoms with Gasteiger partial charge in [-0.05, 0) is 46.0 Å². The molecule has 0 unspecified atom stereocenters. The maximum Gasteiger partial charge on any atom is 0.278 e. The van der Waals surface area contributed by atoms with Crippen molar-refractivity contribution in [2.45, 2.75) is 0 Å². The smallest absolute Gasteiger partial charge is 0.278 e. The fourth-order valence-electron chi connectivity index (χ4n) is 4.29. The Kier molecular flexibility index (Phi) is 5.24. The van der Waals surface area contributed by atoms with E-state index in [0.717, 1.165) is 27.2 Å². The zero-order valence-corrected chi connectivity index (χ0v) is 18.1. The summed E-state index contributed by atoms with van der Waals surface area (Å²) in [5.41, 5.74) is 2.85. The molecule has 5 rings (SSSR count). The molecular formula is C27H18ClN3O2. The molecule has 0 fully saturated rings. The highest BCUT2D eigenvalue weighted by molar-refractivity contribution is 6.38. The second-order valence-electron chi connectivity index (χ2n) is 7.62. The van der Waals surface area contributed by atoms with Crippen LogP contribution in [0.4, 0.5) is 17.1 Å². The molecule has 0 spiro atoms. The third kappa shape index (κ3) is 3.58. The van der Waals surface area contributed by atoms with Crippen molar-refractivity contribution in [1.82, 2.24) is 0 Å². The molecule has 6 heteroatoms. The van der Waals surface area contributed by atoms with Gasteiger partial charge in [0.2, 0.25) is 0 Å². The lowest BCUT2D eigenvalue weighted by molar-refractivity contribution is -0.384. The maximum atomic E-state index is 12.1. The zero-order valence-electron chi connectivity index (χ0n) is 17.4. The van der Waals surface area contributed by atoms with Crippen molar-refractivity contribution in [3.63, 3.8) is 0 Å². The van der Waals surface area contributed by atoms with Crippen LogP contribution in [0.5, 0.6) is 0 Å². The predicted molar refractivity (Wildman–Crippen MR) is 136 cm³/mol.